The second-order valence-corrected chi connectivity index (χ2v) is 5.93. The Kier molecular flexibility index (Phi) is 6.63. The van der Waals surface area contributed by atoms with Crippen molar-refractivity contribution in [3.8, 4) is 0 Å². The van der Waals surface area contributed by atoms with E-state index in [-0.39, 0.29) is 11.9 Å². The van der Waals surface area contributed by atoms with E-state index in [0.29, 0.717) is 19.0 Å². The molecule has 24 heavy (non-hydrogen) atoms. The molecule has 0 bridgehead atoms. The number of likely N-dealkylation sites (tertiary alicyclic amines) is 1. The van der Waals surface area contributed by atoms with Crippen molar-refractivity contribution >= 4 is 11.9 Å². The first kappa shape index (κ1) is 18.3. The van der Waals surface area contributed by atoms with Crippen molar-refractivity contribution in [1.82, 2.24) is 15.2 Å². The van der Waals surface area contributed by atoms with E-state index in [1.807, 2.05) is 27.7 Å². The predicted molar refractivity (Wildman–Crippen MR) is 91.7 cm³/mol. The van der Waals surface area contributed by atoms with E-state index >= 15 is 0 Å². The fourth-order valence-corrected chi connectivity index (χ4v) is 2.76. The summed E-state index contributed by atoms with van der Waals surface area (Å²) in [5.74, 6) is 2.22. The van der Waals surface area contributed by atoms with Crippen molar-refractivity contribution < 1.29 is 13.9 Å². The summed E-state index contributed by atoms with van der Waals surface area (Å²) < 4.78 is 10.7. The number of piperidine rings is 1. The van der Waals surface area contributed by atoms with Crippen LogP contribution in [0, 0.1) is 19.8 Å². The molecule has 1 aliphatic rings. The lowest BCUT2D eigenvalue weighted by Crippen LogP contribution is -2.46. The molecule has 0 amide bonds. The van der Waals surface area contributed by atoms with Gasteiger partial charge in [0.05, 0.1) is 18.2 Å². The number of esters is 1. The molecule has 0 spiro atoms. The molecular weight excluding hydrogens is 308 g/mol. The lowest BCUT2D eigenvalue weighted by Gasteiger charge is -2.33. The normalized spacial score (nSPS) is 16.3. The van der Waals surface area contributed by atoms with Crippen LogP contribution in [-0.4, -0.2) is 48.1 Å². The van der Waals surface area contributed by atoms with Gasteiger partial charge in [-0.1, -0.05) is 0 Å². The molecular formula is C17H28N4O3. The first-order valence-corrected chi connectivity index (χ1v) is 8.67. The van der Waals surface area contributed by atoms with Crippen LogP contribution in [0.4, 0.5) is 0 Å². The van der Waals surface area contributed by atoms with Crippen LogP contribution in [0.5, 0.6) is 0 Å². The molecule has 134 valence electrons. The van der Waals surface area contributed by atoms with Crippen LogP contribution in [0.15, 0.2) is 9.41 Å². The Balaban J connectivity index is 1.95. The molecule has 1 N–H and O–H groups in total. The minimum Gasteiger partial charge on any atom is -0.466 e. The van der Waals surface area contributed by atoms with E-state index in [1.54, 1.807) is 0 Å². The zero-order valence-corrected chi connectivity index (χ0v) is 15.1. The summed E-state index contributed by atoms with van der Waals surface area (Å²) in [6.45, 7) is 10.9. The lowest BCUT2D eigenvalue weighted by molar-refractivity contribution is -0.149. The van der Waals surface area contributed by atoms with Crippen LogP contribution in [-0.2, 0) is 16.1 Å². The number of guanidine groups is 1. The number of carbonyl (C=O) groups excluding carboxylic acids is 1. The Hall–Kier alpha value is -2.05. The molecule has 0 radical (unpaired) electrons. The highest BCUT2D eigenvalue weighted by Crippen LogP contribution is 2.19. The fraction of sp³-hybridized carbons (Fsp3) is 0.706. The van der Waals surface area contributed by atoms with Gasteiger partial charge in [0.15, 0.2) is 5.96 Å². The van der Waals surface area contributed by atoms with Gasteiger partial charge in [0.2, 0.25) is 5.89 Å². The van der Waals surface area contributed by atoms with Crippen molar-refractivity contribution in [3.63, 3.8) is 0 Å². The second kappa shape index (κ2) is 8.70. The number of nitrogens with zero attached hydrogens (tertiary/aromatic N) is 3. The number of rotatable bonds is 5. The van der Waals surface area contributed by atoms with Gasteiger partial charge in [-0.2, -0.15) is 0 Å². The summed E-state index contributed by atoms with van der Waals surface area (Å²) in [6.07, 6.45) is 1.58. The van der Waals surface area contributed by atoms with Gasteiger partial charge >= 0.3 is 5.97 Å². The van der Waals surface area contributed by atoms with E-state index in [0.717, 1.165) is 49.9 Å². The van der Waals surface area contributed by atoms with E-state index < -0.39 is 0 Å². The molecule has 7 heteroatoms. The van der Waals surface area contributed by atoms with E-state index in [4.69, 9.17) is 9.15 Å². The van der Waals surface area contributed by atoms with Gasteiger partial charge in [-0.25, -0.2) is 9.98 Å². The summed E-state index contributed by atoms with van der Waals surface area (Å²) in [5, 5.41) is 3.30. The van der Waals surface area contributed by atoms with Crippen LogP contribution in [0.2, 0.25) is 0 Å². The maximum atomic E-state index is 11.8. The molecule has 7 nitrogen and oxygen atoms in total. The number of oxazole rings is 1. The van der Waals surface area contributed by atoms with Crippen molar-refractivity contribution in [2.24, 2.45) is 10.9 Å². The van der Waals surface area contributed by atoms with Crippen LogP contribution in [0.3, 0.4) is 0 Å². The van der Waals surface area contributed by atoms with Crippen LogP contribution < -0.4 is 5.32 Å². The third-order valence-electron chi connectivity index (χ3n) is 4.19. The molecule has 0 saturated carbocycles. The molecule has 0 unspecified atom stereocenters. The van der Waals surface area contributed by atoms with Crippen molar-refractivity contribution in [2.45, 2.75) is 47.1 Å². The summed E-state index contributed by atoms with van der Waals surface area (Å²) in [4.78, 5) is 23.0. The smallest absolute Gasteiger partial charge is 0.309 e. The van der Waals surface area contributed by atoms with Gasteiger partial charge in [0.25, 0.3) is 0 Å². The maximum Gasteiger partial charge on any atom is 0.309 e. The van der Waals surface area contributed by atoms with E-state index in [9.17, 15) is 4.79 Å². The molecule has 0 aliphatic carbocycles. The summed E-state index contributed by atoms with van der Waals surface area (Å²) in [7, 11) is 0. The lowest BCUT2D eigenvalue weighted by atomic mass is 9.97. The fourth-order valence-electron chi connectivity index (χ4n) is 2.76. The summed E-state index contributed by atoms with van der Waals surface area (Å²) in [5.41, 5.74) is 0.903. The van der Waals surface area contributed by atoms with Crippen LogP contribution in [0.1, 0.15) is 44.0 Å². The summed E-state index contributed by atoms with van der Waals surface area (Å²) in [6, 6.07) is 0. The Bertz CT molecular complexity index is 555. The van der Waals surface area contributed by atoms with Gasteiger partial charge in [-0.15, -0.1) is 0 Å². The monoisotopic (exact) mass is 336 g/mol. The number of nitrogens with one attached hydrogen (secondary N) is 1. The summed E-state index contributed by atoms with van der Waals surface area (Å²) >= 11 is 0. The van der Waals surface area contributed by atoms with Crippen molar-refractivity contribution in [3.05, 3.63) is 17.3 Å². The number of hydrogen-bond donors (Lipinski definition) is 1. The molecule has 0 atom stereocenters. The minimum atomic E-state index is -0.0789. The largest absolute Gasteiger partial charge is 0.466 e. The third kappa shape index (κ3) is 4.72. The Morgan fingerprint density at radius 2 is 2.08 bits per heavy atom. The average Bonchev–Trinajstić information content (AvgIpc) is 2.90. The van der Waals surface area contributed by atoms with E-state index in [1.165, 1.54) is 0 Å². The molecule has 1 saturated heterocycles. The van der Waals surface area contributed by atoms with Gasteiger partial charge in [0.1, 0.15) is 12.3 Å². The first-order chi connectivity index (χ1) is 11.5. The van der Waals surface area contributed by atoms with E-state index in [2.05, 4.69) is 20.2 Å². The van der Waals surface area contributed by atoms with Gasteiger partial charge in [-0.3, -0.25) is 4.79 Å². The minimum absolute atomic E-state index is 0.00103. The third-order valence-corrected chi connectivity index (χ3v) is 4.19. The van der Waals surface area contributed by atoms with Gasteiger partial charge < -0.3 is 19.4 Å². The first-order valence-electron chi connectivity index (χ1n) is 8.67. The quantitative estimate of drug-likeness (QED) is 0.503. The van der Waals surface area contributed by atoms with Gasteiger partial charge in [-0.05, 0) is 40.5 Å². The van der Waals surface area contributed by atoms with Crippen LogP contribution in [0.25, 0.3) is 0 Å². The molecule has 1 aromatic heterocycles. The highest BCUT2D eigenvalue weighted by Gasteiger charge is 2.27. The molecule has 0 aromatic carbocycles. The zero-order chi connectivity index (χ0) is 17.5. The average molecular weight is 336 g/mol. The number of aromatic nitrogens is 1. The van der Waals surface area contributed by atoms with Crippen molar-refractivity contribution in [1.29, 1.82) is 0 Å². The molecule has 2 rings (SSSR count). The standard InChI is InChI=1S/C17H28N4O3/c1-5-18-17(19-11-15-20-12(3)13(4)24-15)21-9-7-14(8-10-21)16(22)23-6-2/h14H,5-11H2,1-4H3,(H,18,19). The number of aliphatic imine (C=N–C) groups is 1. The molecule has 1 aromatic rings. The molecule has 2 heterocycles. The van der Waals surface area contributed by atoms with Crippen LogP contribution >= 0.6 is 0 Å². The Morgan fingerprint density at radius 1 is 1.38 bits per heavy atom. The topological polar surface area (TPSA) is 80.0 Å². The highest BCUT2D eigenvalue weighted by molar-refractivity contribution is 5.80. The number of aryl methyl sites for hydroxylation is 2. The number of ether oxygens (including phenoxy) is 1. The molecule has 1 aliphatic heterocycles. The highest BCUT2D eigenvalue weighted by atomic mass is 16.5. The zero-order valence-electron chi connectivity index (χ0n) is 15.1. The van der Waals surface area contributed by atoms with Crippen molar-refractivity contribution in [2.75, 3.05) is 26.2 Å². The SMILES string of the molecule is CCNC(=NCc1nc(C)c(C)o1)N1CCC(C(=O)OCC)CC1. The molecule has 1 fully saturated rings. The second-order valence-electron chi connectivity index (χ2n) is 5.93. The Labute approximate surface area is 143 Å². The number of hydrogen-bond acceptors (Lipinski definition) is 5. The predicted octanol–water partition coefficient (Wildman–Crippen LogP) is 2.03. The number of carbonyl (C=O) groups is 1. The maximum absolute atomic E-state index is 11.8. The Morgan fingerprint density at radius 3 is 2.62 bits per heavy atom. The van der Waals surface area contributed by atoms with Gasteiger partial charge in [0, 0.05) is 19.6 Å².